The molecule has 12 heteroatoms. The Labute approximate surface area is 153 Å². The van der Waals surface area contributed by atoms with Crippen LogP contribution in [0.5, 0.6) is 0 Å². The SMILES string of the molecule is CCC.O=C(O)C=CC(=O)O.O=C(O)C=CC(=O)O.O=C(O)C=CC(=O)O. The number of carbonyl (C=O) groups is 6. The van der Waals surface area contributed by atoms with Crippen molar-refractivity contribution in [3.63, 3.8) is 0 Å². The molecular weight excluding hydrogens is 372 g/mol. The first-order chi connectivity index (χ1) is 12.3. The fourth-order valence-electron chi connectivity index (χ4n) is 0.428. The van der Waals surface area contributed by atoms with Gasteiger partial charge in [-0.15, -0.1) is 0 Å². The summed E-state index contributed by atoms with van der Waals surface area (Å²) in [6, 6.07) is 0. The van der Waals surface area contributed by atoms with Crippen LogP contribution in [0.25, 0.3) is 0 Å². The summed E-state index contributed by atoms with van der Waals surface area (Å²) < 4.78 is 0. The highest BCUT2D eigenvalue weighted by atomic mass is 16.4. The lowest BCUT2D eigenvalue weighted by atomic mass is 10.5. The second-order valence-electron chi connectivity index (χ2n) is 3.74. The van der Waals surface area contributed by atoms with Gasteiger partial charge in [-0.1, -0.05) is 20.3 Å². The zero-order chi connectivity index (χ0) is 22.4. The second kappa shape index (κ2) is 22.0. The van der Waals surface area contributed by atoms with Gasteiger partial charge in [0.2, 0.25) is 0 Å². The van der Waals surface area contributed by atoms with Crippen LogP contribution in [-0.4, -0.2) is 66.5 Å². The summed E-state index contributed by atoms with van der Waals surface area (Å²) in [6.07, 6.45) is 4.60. The summed E-state index contributed by atoms with van der Waals surface area (Å²) >= 11 is 0. The molecule has 0 aromatic heterocycles. The van der Waals surface area contributed by atoms with Gasteiger partial charge in [-0.2, -0.15) is 0 Å². The van der Waals surface area contributed by atoms with Gasteiger partial charge in [0.1, 0.15) is 0 Å². The van der Waals surface area contributed by atoms with Crippen LogP contribution >= 0.6 is 0 Å². The third-order valence-electron chi connectivity index (χ3n) is 1.11. The Morgan fingerprint density at radius 3 is 0.556 bits per heavy atom. The van der Waals surface area contributed by atoms with Gasteiger partial charge in [-0.25, -0.2) is 28.8 Å². The van der Waals surface area contributed by atoms with Gasteiger partial charge in [-0.05, 0) is 0 Å². The van der Waals surface area contributed by atoms with Crippen LogP contribution in [0.1, 0.15) is 20.3 Å². The second-order valence-corrected chi connectivity index (χ2v) is 3.74. The maximum atomic E-state index is 9.55. The summed E-state index contributed by atoms with van der Waals surface area (Å²) in [6.45, 7) is 4.25. The molecule has 0 saturated carbocycles. The number of carboxylic acids is 6. The molecule has 27 heavy (non-hydrogen) atoms. The van der Waals surface area contributed by atoms with E-state index in [0.717, 1.165) is 0 Å². The third kappa shape index (κ3) is 72.6. The lowest BCUT2D eigenvalue weighted by Crippen LogP contribution is -1.91. The summed E-state index contributed by atoms with van der Waals surface area (Å²) in [5.41, 5.74) is 0. The highest BCUT2D eigenvalue weighted by Crippen LogP contribution is 1.71. The zero-order valence-electron chi connectivity index (χ0n) is 14.3. The van der Waals surface area contributed by atoms with E-state index in [0.29, 0.717) is 36.5 Å². The van der Waals surface area contributed by atoms with Gasteiger partial charge in [0.15, 0.2) is 0 Å². The van der Waals surface area contributed by atoms with Crippen LogP contribution in [0.2, 0.25) is 0 Å². The van der Waals surface area contributed by atoms with Gasteiger partial charge in [0.25, 0.3) is 0 Å². The molecule has 0 aromatic rings. The topological polar surface area (TPSA) is 224 Å². The number of hydrogen-bond acceptors (Lipinski definition) is 6. The Kier molecular flexibility index (Phi) is 25.2. The Hall–Kier alpha value is -3.96. The fourth-order valence-corrected chi connectivity index (χ4v) is 0.428. The molecule has 0 aliphatic carbocycles. The molecule has 0 unspecified atom stereocenters. The van der Waals surface area contributed by atoms with E-state index in [9.17, 15) is 28.8 Å². The minimum Gasteiger partial charge on any atom is -0.478 e. The van der Waals surface area contributed by atoms with Crippen LogP contribution < -0.4 is 0 Å². The highest BCUT2D eigenvalue weighted by Gasteiger charge is 1.89. The van der Waals surface area contributed by atoms with Gasteiger partial charge in [0.05, 0.1) is 0 Å². The quantitative estimate of drug-likeness (QED) is 0.341. The first kappa shape index (κ1) is 30.9. The van der Waals surface area contributed by atoms with Crippen LogP contribution in [0.15, 0.2) is 36.5 Å². The Balaban J connectivity index is -0.000000137. The monoisotopic (exact) mass is 392 g/mol. The largest absolute Gasteiger partial charge is 0.478 e. The smallest absolute Gasteiger partial charge is 0.328 e. The maximum Gasteiger partial charge on any atom is 0.328 e. The maximum absolute atomic E-state index is 9.55. The zero-order valence-corrected chi connectivity index (χ0v) is 14.3. The van der Waals surface area contributed by atoms with E-state index in [1.54, 1.807) is 0 Å². The number of rotatable bonds is 6. The molecule has 0 radical (unpaired) electrons. The van der Waals surface area contributed by atoms with Crippen molar-refractivity contribution in [1.82, 2.24) is 0 Å². The van der Waals surface area contributed by atoms with E-state index in [-0.39, 0.29) is 0 Å². The standard InChI is InChI=1S/3C4H4O4.C3H8/c3*5-3(6)1-2-4(7)8;1-3-2/h3*1-2H,(H,5,6)(H,7,8);3H2,1-2H3. The van der Waals surface area contributed by atoms with Crippen molar-refractivity contribution < 1.29 is 59.4 Å². The van der Waals surface area contributed by atoms with Gasteiger partial charge in [-0.3, -0.25) is 0 Å². The van der Waals surface area contributed by atoms with E-state index in [2.05, 4.69) is 13.8 Å². The molecule has 0 fully saturated rings. The summed E-state index contributed by atoms with van der Waals surface area (Å²) in [5, 5.41) is 46.9. The molecule has 6 N–H and O–H groups in total. The van der Waals surface area contributed by atoms with Crippen LogP contribution in [0, 0.1) is 0 Å². The molecule has 0 aliphatic rings. The molecule has 0 aliphatic heterocycles. The van der Waals surface area contributed by atoms with Crippen molar-refractivity contribution in [2.75, 3.05) is 0 Å². The number of aliphatic carboxylic acids is 6. The predicted molar refractivity (Wildman–Crippen MR) is 89.2 cm³/mol. The predicted octanol–water partition coefficient (Wildman–Crippen LogP) is 0.552. The molecule has 0 heterocycles. The molecule has 0 saturated heterocycles. The van der Waals surface area contributed by atoms with Crippen molar-refractivity contribution in [1.29, 1.82) is 0 Å². The summed E-state index contributed by atoms with van der Waals surface area (Å²) in [4.78, 5) is 57.3. The first-order valence-electron chi connectivity index (χ1n) is 6.71. The average Bonchev–Trinajstić information content (AvgIpc) is 2.51. The fraction of sp³-hybridized carbons (Fsp3) is 0.200. The lowest BCUT2D eigenvalue weighted by molar-refractivity contribution is -0.134. The molecular formula is C15H20O12. The number of hydrogen-bond donors (Lipinski definition) is 6. The summed E-state index contributed by atoms with van der Waals surface area (Å²) in [7, 11) is 0. The van der Waals surface area contributed by atoms with Crippen molar-refractivity contribution in [2.45, 2.75) is 20.3 Å². The van der Waals surface area contributed by atoms with Crippen LogP contribution in [-0.2, 0) is 28.8 Å². The van der Waals surface area contributed by atoms with Crippen molar-refractivity contribution >= 4 is 35.8 Å². The van der Waals surface area contributed by atoms with Gasteiger partial charge >= 0.3 is 35.8 Å². The average molecular weight is 392 g/mol. The molecule has 12 nitrogen and oxygen atoms in total. The minimum atomic E-state index is -1.26. The van der Waals surface area contributed by atoms with Crippen LogP contribution in [0.3, 0.4) is 0 Å². The molecule has 0 amide bonds. The van der Waals surface area contributed by atoms with E-state index in [4.69, 9.17) is 30.6 Å². The molecule has 0 atom stereocenters. The third-order valence-corrected chi connectivity index (χ3v) is 1.11. The molecule has 0 spiro atoms. The molecule has 0 aromatic carbocycles. The number of carboxylic acid groups (broad SMARTS) is 6. The Bertz CT molecular complexity index is 455. The van der Waals surface area contributed by atoms with Crippen LogP contribution in [0.4, 0.5) is 0 Å². The van der Waals surface area contributed by atoms with Gasteiger partial charge < -0.3 is 30.6 Å². The van der Waals surface area contributed by atoms with E-state index >= 15 is 0 Å². The summed E-state index contributed by atoms with van der Waals surface area (Å²) in [5.74, 6) is -7.54. The normalized spacial score (nSPS) is 9.11. The highest BCUT2D eigenvalue weighted by molar-refractivity contribution is 5.90. The van der Waals surface area contributed by atoms with E-state index in [1.807, 2.05) is 0 Å². The van der Waals surface area contributed by atoms with Crippen molar-refractivity contribution in [2.24, 2.45) is 0 Å². The van der Waals surface area contributed by atoms with Crippen molar-refractivity contribution in [3.8, 4) is 0 Å². The van der Waals surface area contributed by atoms with E-state index in [1.165, 1.54) is 6.42 Å². The van der Waals surface area contributed by atoms with E-state index < -0.39 is 35.8 Å². The molecule has 152 valence electrons. The minimum absolute atomic E-state index is 0.558. The van der Waals surface area contributed by atoms with Gasteiger partial charge in [0, 0.05) is 36.5 Å². The first-order valence-corrected chi connectivity index (χ1v) is 6.71. The Morgan fingerprint density at radius 1 is 0.444 bits per heavy atom. The lowest BCUT2D eigenvalue weighted by Gasteiger charge is -1.74. The van der Waals surface area contributed by atoms with Crippen molar-refractivity contribution in [3.05, 3.63) is 36.5 Å². The molecule has 0 rings (SSSR count). The molecule has 0 bridgehead atoms. The Morgan fingerprint density at radius 2 is 0.519 bits per heavy atom.